The summed E-state index contributed by atoms with van der Waals surface area (Å²) in [6.07, 6.45) is 2.66. The average Bonchev–Trinajstić information content (AvgIpc) is 2.65. The van der Waals surface area contributed by atoms with Crippen LogP contribution in [0.4, 0.5) is 10.2 Å². The van der Waals surface area contributed by atoms with Gasteiger partial charge in [-0.3, -0.25) is 0 Å². The third-order valence-electron chi connectivity index (χ3n) is 2.53. The Bertz CT molecular complexity index is 537. The van der Waals surface area contributed by atoms with Gasteiger partial charge in [-0.2, -0.15) is 0 Å². The molecule has 17 heavy (non-hydrogen) atoms. The summed E-state index contributed by atoms with van der Waals surface area (Å²) in [7, 11) is 0. The first kappa shape index (κ1) is 12.1. The minimum atomic E-state index is -0.298. The number of aromatic nitrogens is 2. The maximum absolute atomic E-state index is 13.2. The van der Waals surface area contributed by atoms with Crippen LogP contribution in [0.2, 0.25) is 0 Å². The van der Waals surface area contributed by atoms with Gasteiger partial charge in [0.2, 0.25) is 0 Å². The molecule has 0 fully saturated rings. The second-order valence-electron chi connectivity index (χ2n) is 3.80. The Labute approximate surface area is 108 Å². The van der Waals surface area contributed by atoms with Crippen LogP contribution in [-0.2, 0) is 6.54 Å². The van der Waals surface area contributed by atoms with Crippen molar-refractivity contribution in [2.75, 3.05) is 5.73 Å². The zero-order valence-electron chi connectivity index (χ0n) is 9.45. The van der Waals surface area contributed by atoms with Gasteiger partial charge in [-0.05, 0) is 24.6 Å². The van der Waals surface area contributed by atoms with Crippen molar-refractivity contribution >= 4 is 21.7 Å². The fourth-order valence-corrected chi connectivity index (χ4v) is 2.13. The maximum atomic E-state index is 13.2. The number of anilines is 1. The Morgan fingerprint density at radius 3 is 2.94 bits per heavy atom. The highest BCUT2D eigenvalue weighted by Gasteiger charge is 2.13. The van der Waals surface area contributed by atoms with Crippen LogP contribution in [0.15, 0.2) is 29.0 Å². The van der Waals surface area contributed by atoms with Crippen LogP contribution in [-0.4, -0.2) is 9.55 Å². The van der Waals surface area contributed by atoms with Crippen molar-refractivity contribution in [1.82, 2.24) is 9.55 Å². The van der Waals surface area contributed by atoms with E-state index in [9.17, 15) is 4.39 Å². The number of benzene rings is 1. The van der Waals surface area contributed by atoms with Gasteiger partial charge in [0.1, 0.15) is 17.3 Å². The van der Waals surface area contributed by atoms with Crippen molar-refractivity contribution in [3.8, 4) is 11.3 Å². The molecule has 1 aromatic carbocycles. The van der Waals surface area contributed by atoms with E-state index in [1.807, 2.05) is 4.57 Å². The van der Waals surface area contributed by atoms with Gasteiger partial charge in [-0.1, -0.05) is 22.9 Å². The number of nitrogen functional groups attached to an aromatic ring is 1. The maximum Gasteiger partial charge on any atom is 0.131 e. The Morgan fingerprint density at radius 1 is 1.47 bits per heavy atom. The summed E-state index contributed by atoms with van der Waals surface area (Å²) < 4.78 is 15.9. The second-order valence-corrected chi connectivity index (χ2v) is 4.65. The van der Waals surface area contributed by atoms with Crippen LogP contribution in [0.3, 0.4) is 0 Å². The monoisotopic (exact) mass is 297 g/mol. The highest BCUT2D eigenvalue weighted by molar-refractivity contribution is 9.10. The van der Waals surface area contributed by atoms with Gasteiger partial charge in [-0.15, -0.1) is 0 Å². The first-order chi connectivity index (χ1) is 8.13. The van der Waals surface area contributed by atoms with Gasteiger partial charge in [0.25, 0.3) is 0 Å². The number of halogens is 2. The Balaban J connectivity index is 2.49. The molecule has 2 rings (SSSR count). The van der Waals surface area contributed by atoms with Gasteiger partial charge in [0.15, 0.2) is 0 Å². The largest absolute Gasteiger partial charge is 0.383 e. The number of aryl methyl sites for hydroxylation is 1. The molecule has 2 N–H and O–H groups in total. The first-order valence-electron chi connectivity index (χ1n) is 5.39. The quantitative estimate of drug-likeness (QED) is 0.943. The summed E-state index contributed by atoms with van der Waals surface area (Å²) in [5, 5.41) is 0. The number of rotatable bonds is 3. The van der Waals surface area contributed by atoms with Gasteiger partial charge in [0, 0.05) is 16.6 Å². The van der Waals surface area contributed by atoms with Crippen LogP contribution in [0.5, 0.6) is 0 Å². The normalized spacial score (nSPS) is 10.8. The number of nitrogens with two attached hydrogens (primary N) is 1. The van der Waals surface area contributed by atoms with E-state index in [0.29, 0.717) is 17.1 Å². The molecular formula is C12H13BrFN3. The van der Waals surface area contributed by atoms with E-state index in [1.165, 1.54) is 12.1 Å². The molecule has 2 aromatic rings. The van der Waals surface area contributed by atoms with Crippen LogP contribution < -0.4 is 5.73 Å². The van der Waals surface area contributed by atoms with Crippen molar-refractivity contribution in [3.05, 3.63) is 34.8 Å². The van der Waals surface area contributed by atoms with Crippen LogP contribution in [0, 0.1) is 5.82 Å². The summed E-state index contributed by atoms with van der Waals surface area (Å²) in [6.45, 7) is 2.88. The summed E-state index contributed by atoms with van der Waals surface area (Å²) in [5.41, 5.74) is 7.29. The van der Waals surface area contributed by atoms with E-state index in [4.69, 9.17) is 5.73 Å². The Hall–Kier alpha value is -1.36. The predicted molar refractivity (Wildman–Crippen MR) is 70.0 cm³/mol. The number of hydrogen-bond acceptors (Lipinski definition) is 2. The predicted octanol–water partition coefficient (Wildman–Crippen LogP) is 3.44. The van der Waals surface area contributed by atoms with E-state index in [-0.39, 0.29) is 5.82 Å². The Morgan fingerprint density at radius 2 is 2.24 bits per heavy atom. The lowest BCUT2D eigenvalue weighted by molar-refractivity contribution is 0.628. The zero-order chi connectivity index (χ0) is 12.4. The molecule has 0 radical (unpaired) electrons. The SMILES string of the molecule is CCCn1cnc(-c2cc(F)ccc2Br)c1N. The standard InChI is InChI=1S/C12H13BrFN3/c1-2-5-17-7-16-11(12(17)15)9-6-8(14)3-4-10(9)13/h3-4,6-7H,2,5,15H2,1H3. The topological polar surface area (TPSA) is 43.8 Å². The van der Waals surface area contributed by atoms with Crippen LogP contribution >= 0.6 is 15.9 Å². The van der Waals surface area contributed by atoms with E-state index in [0.717, 1.165) is 17.4 Å². The van der Waals surface area contributed by atoms with Crippen molar-refractivity contribution in [3.63, 3.8) is 0 Å². The van der Waals surface area contributed by atoms with Gasteiger partial charge < -0.3 is 10.3 Å². The molecule has 0 amide bonds. The lowest BCUT2D eigenvalue weighted by Gasteiger charge is -2.05. The van der Waals surface area contributed by atoms with Crippen molar-refractivity contribution in [2.24, 2.45) is 0 Å². The molecule has 0 aliphatic rings. The highest BCUT2D eigenvalue weighted by atomic mass is 79.9. The lowest BCUT2D eigenvalue weighted by Crippen LogP contribution is -2.01. The van der Waals surface area contributed by atoms with Gasteiger partial charge >= 0.3 is 0 Å². The molecule has 3 nitrogen and oxygen atoms in total. The van der Waals surface area contributed by atoms with E-state index in [2.05, 4.69) is 27.8 Å². The fraction of sp³-hybridized carbons (Fsp3) is 0.250. The van der Waals surface area contributed by atoms with Crippen molar-refractivity contribution < 1.29 is 4.39 Å². The van der Waals surface area contributed by atoms with Crippen LogP contribution in [0.25, 0.3) is 11.3 Å². The molecule has 0 aliphatic carbocycles. The van der Waals surface area contributed by atoms with Gasteiger partial charge in [-0.25, -0.2) is 9.37 Å². The molecule has 0 saturated carbocycles. The lowest BCUT2D eigenvalue weighted by atomic mass is 10.1. The van der Waals surface area contributed by atoms with Crippen molar-refractivity contribution in [2.45, 2.75) is 19.9 Å². The number of hydrogen-bond donors (Lipinski definition) is 1. The summed E-state index contributed by atoms with van der Waals surface area (Å²) in [6, 6.07) is 4.48. The summed E-state index contributed by atoms with van der Waals surface area (Å²) in [5.74, 6) is 0.269. The molecule has 0 aliphatic heterocycles. The van der Waals surface area contributed by atoms with E-state index in [1.54, 1.807) is 12.4 Å². The first-order valence-corrected chi connectivity index (χ1v) is 6.18. The molecule has 0 unspecified atom stereocenters. The minimum absolute atomic E-state index is 0.298. The average molecular weight is 298 g/mol. The second kappa shape index (κ2) is 4.87. The molecule has 0 bridgehead atoms. The minimum Gasteiger partial charge on any atom is -0.383 e. The van der Waals surface area contributed by atoms with Gasteiger partial charge in [0.05, 0.1) is 6.33 Å². The summed E-state index contributed by atoms with van der Waals surface area (Å²) in [4.78, 5) is 4.25. The molecule has 1 heterocycles. The summed E-state index contributed by atoms with van der Waals surface area (Å²) >= 11 is 3.38. The molecule has 5 heteroatoms. The molecule has 0 atom stereocenters. The number of imidazole rings is 1. The molecule has 0 saturated heterocycles. The molecule has 90 valence electrons. The molecule has 0 spiro atoms. The molecular weight excluding hydrogens is 285 g/mol. The highest BCUT2D eigenvalue weighted by Crippen LogP contribution is 2.31. The smallest absolute Gasteiger partial charge is 0.131 e. The Kier molecular flexibility index (Phi) is 3.47. The third kappa shape index (κ3) is 2.34. The van der Waals surface area contributed by atoms with Crippen LogP contribution in [0.1, 0.15) is 13.3 Å². The number of nitrogens with zero attached hydrogens (tertiary/aromatic N) is 2. The zero-order valence-corrected chi connectivity index (χ0v) is 11.0. The van der Waals surface area contributed by atoms with E-state index < -0.39 is 0 Å². The molecule has 1 aromatic heterocycles. The fourth-order valence-electron chi connectivity index (χ4n) is 1.70. The van der Waals surface area contributed by atoms with Crippen molar-refractivity contribution in [1.29, 1.82) is 0 Å². The van der Waals surface area contributed by atoms with E-state index >= 15 is 0 Å². The third-order valence-corrected chi connectivity index (χ3v) is 3.22.